The van der Waals surface area contributed by atoms with Crippen LogP contribution in [0.5, 0.6) is 0 Å². The number of aromatic nitrogens is 4. The lowest BCUT2D eigenvalue weighted by atomic mass is 10.3. The molecule has 0 aromatic carbocycles. The molecule has 0 saturated carbocycles. The average molecular weight is 301 g/mol. The highest BCUT2D eigenvalue weighted by Crippen LogP contribution is 2.10. The number of aromatic amines is 1. The molecule has 2 heterocycles. The summed E-state index contributed by atoms with van der Waals surface area (Å²) in [5.74, 6) is -1.27. The Morgan fingerprint density at radius 1 is 1.40 bits per heavy atom. The third kappa shape index (κ3) is 2.46. The highest BCUT2D eigenvalue weighted by molar-refractivity contribution is 6.28. The second kappa shape index (κ2) is 5.49. The molecule has 0 aliphatic carbocycles. The summed E-state index contributed by atoms with van der Waals surface area (Å²) in [5, 5.41) is 8.78. The minimum absolute atomic E-state index is 0.0187. The van der Waals surface area contributed by atoms with Crippen molar-refractivity contribution in [3.63, 3.8) is 0 Å². The Bertz CT molecular complexity index is 773. The molecule has 8 nitrogen and oxygen atoms in total. The van der Waals surface area contributed by atoms with Gasteiger partial charge in [-0.3, -0.25) is 14.2 Å². The van der Waals surface area contributed by atoms with E-state index in [1.807, 2.05) is 6.92 Å². The smallest absolute Gasteiger partial charge is 0.333 e. The lowest BCUT2D eigenvalue weighted by Gasteiger charge is -2.09. The van der Waals surface area contributed by atoms with E-state index in [9.17, 15) is 14.4 Å². The number of imidazole rings is 1. The number of halogens is 1. The molecular formula is C11H13ClN4O4. The molecule has 0 amide bonds. The summed E-state index contributed by atoms with van der Waals surface area (Å²) in [6.45, 7) is 1.59. The SMILES string of the molecule is CCCCn1c(=O)n(CC(=O)O)c(=O)c2[nH]c(Cl)nc21. The maximum atomic E-state index is 12.2. The van der Waals surface area contributed by atoms with Crippen LogP contribution >= 0.6 is 11.6 Å². The van der Waals surface area contributed by atoms with Gasteiger partial charge in [0.05, 0.1) is 0 Å². The molecule has 0 spiro atoms. The normalized spacial score (nSPS) is 11.1. The molecule has 0 fully saturated rings. The summed E-state index contributed by atoms with van der Waals surface area (Å²) in [7, 11) is 0. The molecule has 2 aromatic heterocycles. The zero-order valence-electron chi connectivity index (χ0n) is 10.7. The Morgan fingerprint density at radius 3 is 2.70 bits per heavy atom. The van der Waals surface area contributed by atoms with Crippen LogP contribution in [-0.2, 0) is 17.9 Å². The molecule has 0 aliphatic heterocycles. The van der Waals surface area contributed by atoms with Crippen LogP contribution < -0.4 is 11.2 Å². The van der Waals surface area contributed by atoms with Gasteiger partial charge >= 0.3 is 11.7 Å². The quantitative estimate of drug-likeness (QED) is 0.778. The Kier molecular flexibility index (Phi) is 3.93. The third-order valence-electron chi connectivity index (χ3n) is 2.86. The van der Waals surface area contributed by atoms with Crippen LogP contribution in [0.3, 0.4) is 0 Å². The number of H-pyrrole nitrogens is 1. The summed E-state index contributed by atoms with van der Waals surface area (Å²) in [5.41, 5.74) is -1.24. The van der Waals surface area contributed by atoms with E-state index in [2.05, 4.69) is 9.97 Å². The van der Waals surface area contributed by atoms with Crippen molar-refractivity contribution in [3.05, 3.63) is 26.1 Å². The van der Waals surface area contributed by atoms with E-state index >= 15 is 0 Å². The van der Waals surface area contributed by atoms with Crippen LogP contribution in [0.15, 0.2) is 9.59 Å². The summed E-state index contributed by atoms with van der Waals surface area (Å²) < 4.78 is 1.93. The molecule has 0 aliphatic rings. The van der Waals surface area contributed by atoms with Gasteiger partial charge in [-0.25, -0.2) is 9.36 Å². The van der Waals surface area contributed by atoms with Gasteiger partial charge in [-0.1, -0.05) is 13.3 Å². The predicted molar refractivity (Wildman–Crippen MR) is 72.2 cm³/mol. The Morgan fingerprint density at radius 2 is 2.10 bits per heavy atom. The first-order valence-corrected chi connectivity index (χ1v) is 6.44. The lowest BCUT2D eigenvalue weighted by Crippen LogP contribution is -2.41. The molecule has 0 radical (unpaired) electrons. The molecule has 2 aromatic rings. The molecular weight excluding hydrogens is 288 g/mol. The van der Waals surface area contributed by atoms with Crippen molar-refractivity contribution in [3.8, 4) is 0 Å². The van der Waals surface area contributed by atoms with E-state index in [1.54, 1.807) is 0 Å². The van der Waals surface area contributed by atoms with Gasteiger partial charge in [0.25, 0.3) is 5.56 Å². The second-order valence-electron chi connectivity index (χ2n) is 4.30. The maximum Gasteiger partial charge on any atom is 0.333 e. The van der Waals surface area contributed by atoms with Gasteiger partial charge in [-0.05, 0) is 18.0 Å². The number of unbranched alkanes of at least 4 members (excludes halogenated alkanes) is 1. The van der Waals surface area contributed by atoms with E-state index in [-0.39, 0.29) is 16.4 Å². The number of rotatable bonds is 5. The number of nitrogens with zero attached hydrogens (tertiary/aromatic N) is 3. The van der Waals surface area contributed by atoms with Crippen molar-refractivity contribution >= 4 is 28.7 Å². The van der Waals surface area contributed by atoms with Crippen molar-refractivity contribution < 1.29 is 9.90 Å². The fraction of sp³-hybridized carbons (Fsp3) is 0.455. The molecule has 108 valence electrons. The number of nitrogens with one attached hydrogen (secondary N) is 1. The monoisotopic (exact) mass is 300 g/mol. The van der Waals surface area contributed by atoms with Gasteiger partial charge in [0, 0.05) is 6.54 Å². The first kappa shape index (κ1) is 14.3. The second-order valence-corrected chi connectivity index (χ2v) is 4.66. The Labute approximate surface area is 117 Å². The van der Waals surface area contributed by atoms with Gasteiger partial charge in [0.15, 0.2) is 11.2 Å². The largest absolute Gasteiger partial charge is 0.480 e. The maximum absolute atomic E-state index is 12.2. The van der Waals surface area contributed by atoms with Crippen molar-refractivity contribution in [2.75, 3.05) is 0 Å². The zero-order valence-corrected chi connectivity index (χ0v) is 11.5. The van der Waals surface area contributed by atoms with Crippen LogP contribution in [0.2, 0.25) is 5.28 Å². The summed E-state index contributed by atoms with van der Waals surface area (Å²) in [6, 6.07) is 0. The molecule has 20 heavy (non-hydrogen) atoms. The van der Waals surface area contributed by atoms with E-state index in [4.69, 9.17) is 16.7 Å². The molecule has 2 N–H and O–H groups in total. The first-order chi connectivity index (χ1) is 9.45. The van der Waals surface area contributed by atoms with Crippen LogP contribution in [0.4, 0.5) is 0 Å². The van der Waals surface area contributed by atoms with Crippen molar-refractivity contribution in [1.29, 1.82) is 0 Å². The number of fused-ring (bicyclic) bond motifs is 1. The van der Waals surface area contributed by atoms with Crippen molar-refractivity contribution in [2.24, 2.45) is 0 Å². The van der Waals surface area contributed by atoms with Gasteiger partial charge in [-0.2, -0.15) is 4.98 Å². The summed E-state index contributed by atoms with van der Waals surface area (Å²) in [4.78, 5) is 41.6. The number of carboxylic acid groups (broad SMARTS) is 1. The minimum atomic E-state index is -1.27. The van der Waals surface area contributed by atoms with Crippen molar-refractivity contribution in [1.82, 2.24) is 19.1 Å². The number of aliphatic carboxylic acids is 1. The number of aryl methyl sites for hydroxylation is 1. The van der Waals surface area contributed by atoms with Crippen LogP contribution in [-0.4, -0.2) is 30.2 Å². The molecule has 0 unspecified atom stereocenters. The predicted octanol–water partition coefficient (Wildman–Crippen LogP) is 0.424. The highest BCUT2D eigenvalue weighted by atomic mass is 35.5. The van der Waals surface area contributed by atoms with Gasteiger partial charge in [0.2, 0.25) is 5.28 Å². The third-order valence-corrected chi connectivity index (χ3v) is 3.04. The lowest BCUT2D eigenvalue weighted by molar-refractivity contribution is -0.137. The highest BCUT2D eigenvalue weighted by Gasteiger charge is 2.17. The van der Waals surface area contributed by atoms with Crippen LogP contribution in [0.1, 0.15) is 19.8 Å². The number of hydrogen-bond donors (Lipinski definition) is 2. The fourth-order valence-electron chi connectivity index (χ4n) is 1.93. The van der Waals surface area contributed by atoms with Gasteiger partial charge < -0.3 is 10.1 Å². The Balaban J connectivity index is 2.77. The number of hydrogen-bond acceptors (Lipinski definition) is 4. The van der Waals surface area contributed by atoms with Crippen molar-refractivity contribution in [2.45, 2.75) is 32.9 Å². The Hall–Kier alpha value is -2.09. The van der Waals surface area contributed by atoms with E-state index in [1.165, 1.54) is 4.57 Å². The molecule has 9 heteroatoms. The topological polar surface area (TPSA) is 110 Å². The van der Waals surface area contributed by atoms with Gasteiger partial charge in [0.1, 0.15) is 6.54 Å². The van der Waals surface area contributed by atoms with Crippen LogP contribution in [0.25, 0.3) is 11.2 Å². The molecule has 2 rings (SSSR count). The van der Waals surface area contributed by atoms with Crippen LogP contribution in [0, 0.1) is 0 Å². The summed E-state index contributed by atoms with van der Waals surface area (Å²) >= 11 is 5.72. The molecule has 0 atom stereocenters. The molecule has 0 saturated heterocycles. The number of carboxylic acids is 1. The summed E-state index contributed by atoms with van der Waals surface area (Å²) in [6.07, 6.45) is 1.54. The minimum Gasteiger partial charge on any atom is -0.480 e. The molecule has 0 bridgehead atoms. The standard InChI is InChI=1S/C11H13ClN4O4/c1-2-3-4-15-8-7(13-10(12)14-8)9(19)16(11(15)20)5-6(17)18/h2-5H2,1H3,(H,13,14)(H,17,18). The fourth-order valence-corrected chi connectivity index (χ4v) is 2.11. The van der Waals surface area contributed by atoms with E-state index in [0.717, 1.165) is 6.42 Å². The van der Waals surface area contributed by atoms with E-state index < -0.39 is 23.8 Å². The first-order valence-electron chi connectivity index (χ1n) is 6.06. The zero-order chi connectivity index (χ0) is 14.9. The van der Waals surface area contributed by atoms with Gasteiger partial charge in [-0.15, -0.1) is 0 Å². The average Bonchev–Trinajstić information content (AvgIpc) is 2.76. The van der Waals surface area contributed by atoms with E-state index in [0.29, 0.717) is 17.5 Å². The number of carbonyl (C=O) groups is 1.